The topological polar surface area (TPSA) is 121 Å². The number of fused-ring (bicyclic) bond motifs is 7. The van der Waals surface area contributed by atoms with Gasteiger partial charge in [-0.15, -0.1) is 0 Å². The molecule has 0 heterocycles. The predicted octanol–water partition coefficient (Wildman–Crippen LogP) is 5.75. The van der Waals surface area contributed by atoms with E-state index in [0.717, 1.165) is 51.4 Å². The van der Waals surface area contributed by atoms with Gasteiger partial charge in [0.2, 0.25) is 0 Å². The summed E-state index contributed by atoms with van der Waals surface area (Å²) in [6.07, 6.45) is 9.95. The molecule has 6 heteroatoms. The molecule has 0 aromatic carbocycles. The fraction of sp³-hybridized carbons (Fsp3) is 0.867. The van der Waals surface area contributed by atoms with Crippen LogP contribution in [0.3, 0.4) is 0 Å². The van der Waals surface area contributed by atoms with Gasteiger partial charge in [-0.05, 0) is 110 Å². The number of nitrogens with two attached hydrogens (primary N) is 1. The molecule has 36 heavy (non-hydrogen) atoms. The van der Waals surface area contributed by atoms with E-state index >= 15 is 0 Å². The Bertz CT molecular complexity index is 974. The second-order valence-corrected chi connectivity index (χ2v) is 14.9. The summed E-state index contributed by atoms with van der Waals surface area (Å²) in [7, 11) is 0. The number of rotatable bonds is 1. The van der Waals surface area contributed by atoms with Crippen LogP contribution in [-0.4, -0.2) is 33.3 Å². The minimum atomic E-state index is -0.711. The average molecular weight is 504 g/mol. The van der Waals surface area contributed by atoms with Crippen LogP contribution in [-0.2, 0) is 9.59 Å². The summed E-state index contributed by atoms with van der Waals surface area (Å²) < 4.78 is 0. The van der Waals surface area contributed by atoms with Crippen molar-refractivity contribution in [1.29, 1.82) is 0 Å². The number of ketones is 1. The predicted molar refractivity (Wildman–Crippen MR) is 139 cm³/mol. The van der Waals surface area contributed by atoms with Gasteiger partial charge in [-0.25, -0.2) is 5.90 Å². The van der Waals surface area contributed by atoms with E-state index in [4.69, 9.17) is 5.21 Å². The molecule has 5 N–H and O–H groups in total. The Balaban J connectivity index is 0.00000148. The van der Waals surface area contributed by atoms with Gasteiger partial charge in [0.1, 0.15) is 0 Å². The maximum Gasteiger partial charge on any atom is 0.309 e. The number of carbonyl (C=O) groups is 2. The van der Waals surface area contributed by atoms with E-state index in [9.17, 15) is 19.8 Å². The quantitative estimate of drug-likeness (QED) is 0.338. The number of carbonyl (C=O) groups excluding carboxylic acids is 1. The molecule has 0 spiro atoms. The molecule has 0 radical (unpaired) electrons. The fourth-order valence-corrected chi connectivity index (χ4v) is 10.4. The van der Waals surface area contributed by atoms with E-state index in [1.54, 1.807) is 0 Å². The Morgan fingerprint density at radius 1 is 0.917 bits per heavy atom. The molecule has 5 aliphatic rings. The van der Waals surface area contributed by atoms with Gasteiger partial charge in [-0.3, -0.25) is 9.59 Å². The van der Waals surface area contributed by atoms with Crippen molar-refractivity contribution in [3.63, 3.8) is 0 Å². The average Bonchev–Trinajstić information content (AvgIpc) is 2.80. The highest BCUT2D eigenvalue weighted by molar-refractivity contribution is 5.95. The molecule has 0 aromatic heterocycles. The largest absolute Gasteiger partial charge is 0.481 e. The van der Waals surface area contributed by atoms with Crippen LogP contribution >= 0.6 is 0 Å². The van der Waals surface area contributed by atoms with Crippen molar-refractivity contribution in [1.82, 2.24) is 0 Å². The first-order chi connectivity index (χ1) is 16.6. The second-order valence-electron chi connectivity index (χ2n) is 14.9. The summed E-state index contributed by atoms with van der Waals surface area (Å²) in [4.78, 5) is 26.4. The van der Waals surface area contributed by atoms with Gasteiger partial charge in [0.25, 0.3) is 0 Å². The molecule has 0 aliphatic heterocycles. The monoisotopic (exact) mass is 503 g/mol. The number of hydrogen-bond donors (Lipinski definition) is 4. The zero-order chi connectivity index (χ0) is 27.1. The highest BCUT2D eigenvalue weighted by atomic mass is 16.4. The van der Waals surface area contributed by atoms with E-state index in [-0.39, 0.29) is 50.8 Å². The van der Waals surface area contributed by atoms with Crippen molar-refractivity contribution in [2.75, 3.05) is 0 Å². The maximum atomic E-state index is 14.2. The van der Waals surface area contributed by atoms with Gasteiger partial charge in [-0.1, -0.05) is 47.1 Å². The highest BCUT2D eigenvalue weighted by Gasteiger charge is 2.70. The number of hydrogen-bond acceptors (Lipinski definition) is 5. The molecule has 204 valence electrons. The Hall–Kier alpha value is -1.24. The van der Waals surface area contributed by atoms with E-state index < -0.39 is 11.4 Å². The lowest BCUT2D eigenvalue weighted by molar-refractivity contribution is -0.202. The van der Waals surface area contributed by atoms with Crippen molar-refractivity contribution in [2.24, 2.45) is 56.1 Å². The molecule has 4 fully saturated rings. The summed E-state index contributed by atoms with van der Waals surface area (Å²) >= 11 is 0. The van der Waals surface area contributed by atoms with Crippen LogP contribution < -0.4 is 5.90 Å². The molecule has 0 amide bonds. The highest BCUT2D eigenvalue weighted by Crippen LogP contribution is 2.75. The molecular weight excluding hydrogens is 454 g/mol. The van der Waals surface area contributed by atoms with Gasteiger partial charge in [0, 0.05) is 5.92 Å². The van der Waals surface area contributed by atoms with Gasteiger partial charge in [-0.2, -0.15) is 0 Å². The summed E-state index contributed by atoms with van der Waals surface area (Å²) in [5.41, 5.74) is 0.142. The number of aliphatic hydroxyl groups is 1. The van der Waals surface area contributed by atoms with Crippen LogP contribution in [0.1, 0.15) is 106 Å². The van der Waals surface area contributed by atoms with Crippen LogP contribution in [0.5, 0.6) is 0 Å². The Morgan fingerprint density at radius 2 is 1.53 bits per heavy atom. The van der Waals surface area contributed by atoms with E-state index in [2.05, 4.69) is 47.4 Å². The third-order valence-electron chi connectivity index (χ3n) is 13.1. The van der Waals surface area contributed by atoms with E-state index in [1.165, 1.54) is 5.57 Å². The van der Waals surface area contributed by atoms with Gasteiger partial charge in [0.05, 0.1) is 11.5 Å². The lowest BCUT2D eigenvalue weighted by Gasteiger charge is -2.70. The summed E-state index contributed by atoms with van der Waals surface area (Å²) in [6.45, 7) is 15.8. The number of carboxylic acids is 1. The molecule has 6 nitrogen and oxygen atoms in total. The zero-order valence-corrected chi connectivity index (χ0v) is 23.5. The van der Waals surface area contributed by atoms with Crippen LogP contribution in [0, 0.1) is 50.2 Å². The number of aliphatic carboxylic acids is 1. The van der Waals surface area contributed by atoms with Crippen molar-refractivity contribution < 1.29 is 25.0 Å². The second kappa shape index (κ2) is 8.38. The lowest BCUT2D eigenvalue weighted by atomic mass is 9.33. The summed E-state index contributed by atoms with van der Waals surface area (Å²) in [5, 5.41) is 27.4. The first kappa shape index (κ1) is 27.8. The molecule has 5 aliphatic carbocycles. The SMILES string of the molecule is CC1(C)[C@@H](O)CC[C@]2(C)[C@H]3C(=O)C=C4[C@@H]5C[C@@](C)(C(=O)O)CC[C@]5(C)CC[C@@]4(C)[C@]3(C)CC[C@@H]12.NO. The van der Waals surface area contributed by atoms with Crippen LogP contribution in [0.2, 0.25) is 0 Å². The number of allylic oxidation sites excluding steroid dienone is 2. The lowest BCUT2D eigenvalue weighted by Crippen LogP contribution is -2.66. The van der Waals surface area contributed by atoms with E-state index in [0.29, 0.717) is 12.3 Å². The third-order valence-corrected chi connectivity index (χ3v) is 13.1. The summed E-state index contributed by atoms with van der Waals surface area (Å²) in [5.74, 6) is 3.56. The molecule has 0 saturated heterocycles. The van der Waals surface area contributed by atoms with Gasteiger partial charge in [0.15, 0.2) is 5.78 Å². The van der Waals surface area contributed by atoms with Crippen molar-refractivity contribution in [3.8, 4) is 0 Å². The van der Waals surface area contributed by atoms with Crippen LogP contribution in [0.15, 0.2) is 11.6 Å². The molecule has 9 atom stereocenters. The smallest absolute Gasteiger partial charge is 0.309 e. The van der Waals surface area contributed by atoms with Crippen LogP contribution in [0.4, 0.5) is 0 Å². The number of carboxylic acid groups (broad SMARTS) is 1. The molecule has 5 rings (SSSR count). The first-order valence-electron chi connectivity index (χ1n) is 14.0. The third kappa shape index (κ3) is 3.39. The molecular formula is C30H49NO5. The standard InChI is InChI=1S/C30H46O4.H3NO/c1-25(2)21-8-11-30(7)23(28(21,5)10-9-22(25)32)20(31)16-18-19-17-27(4,24(33)34)13-12-26(19,3)14-15-29(18,30)6;1-2/h16,19,21-23,32H,8-15,17H2,1-7H3,(H,33,34);2H,1H2/t19-,21-,22-,23+,26+,27-,28-,29+,30+;/m0./s1. The van der Waals surface area contributed by atoms with Gasteiger partial charge < -0.3 is 15.4 Å². The normalized spacial score (nSPS) is 51.3. The van der Waals surface area contributed by atoms with Crippen LogP contribution in [0.25, 0.3) is 0 Å². The zero-order valence-electron chi connectivity index (χ0n) is 23.5. The maximum absolute atomic E-state index is 14.2. The first-order valence-corrected chi connectivity index (χ1v) is 14.0. The molecule has 0 unspecified atom stereocenters. The van der Waals surface area contributed by atoms with Gasteiger partial charge >= 0.3 is 5.97 Å². The Morgan fingerprint density at radius 3 is 2.14 bits per heavy atom. The van der Waals surface area contributed by atoms with Crippen molar-refractivity contribution >= 4 is 11.8 Å². The molecule has 0 aromatic rings. The Kier molecular flexibility index (Phi) is 6.47. The molecule has 4 saturated carbocycles. The number of aliphatic hydroxyl groups excluding tert-OH is 1. The minimum Gasteiger partial charge on any atom is -0.481 e. The van der Waals surface area contributed by atoms with Crippen molar-refractivity contribution in [2.45, 2.75) is 112 Å². The molecule has 0 bridgehead atoms. The Labute approximate surface area is 217 Å². The van der Waals surface area contributed by atoms with E-state index in [1.807, 2.05) is 13.0 Å². The fourth-order valence-electron chi connectivity index (χ4n) is 10.4. The summed E-state index contributed by atoms with van der Waals surface area (Å²) in [6, 6.07) is 0. The minimum absolute atomic E-state index is 0.0296. The van der Waals surface area contributed by atoms with Crippen molar-refractivity contribution in [3.05, 3.63) is 11.6 Å².